The Balaban J connectivity index is 1.99. The normalized spacial score (nSPS) is 16.4. The molecule has 5 heteroatoms. The van der Waals surface area contributed by atoms with Crippen molar-refractivity contribution in [1.82, 2.24) is 10.3 Å². The zero-order valence-electron chi connectivity index (χ0n) is 11.6. The van der Waals surface area contributed by atoms with Gasteiger partial charge in [0, 0.05) is 28.9 Å². The third-order valence-corrected chi connectivity index (χ3v) is 5.08. The molecule has 0 saturated heterocycles. The predicted octanol–water partition coefficient (Wildman–Crippen LogP) is 3.10. The highest BCUT2D eigenvalue weighted by Crippen LogP contribution is 2.26. The van der Waals surface area contributed by atoms with Gasteiger partial charge < -0.3 is 5.32 Å². The van der Waals surface area contributed by atoms with Crippen molar-refractivity contribution in [3.63, 3.8) is 0 Å². The molecule has 3 unspecified atom stereocenters. The first-order valence-corrected chi connectivity index (χ1v) is 9.02. The van der Waals surface area contributed by atoms with Crippen molar-refractivity contribution in [3.8, 4) is 0 Å². The fraction of sp³-hybridized carbons (Fsp3) is 0.500. The summed E-state index contributed by atoms with van der Waals surface area (Å²) in [6.07, 6.45) is 2.68. The Morgan fingerprint density at radius 2 is 2.11 bits per heavy atom. The van der Waals surface area contributed by atoms with Crippen LogP contribution in [0.1, 0.15) is 31.3 Å². The van der Waals surface area contributed by atoms with Gasteiger partial charge in [-0.25, -0.2) is 4.98 Å². The number of thiazole rings is 1. The van der Waals surface area contributed by atoms with Crippen LogP contribution in [0.2, 0.25) is 0 Å². The van der Waals surface area contributed by atoms with Crippen molar-refractivity contribution in [2.75, 3.05) is 12.0 Å². The minimum absolute atomic E-state index is 0.234. The number of hydrogen-bond acceptors (Lipinski definition) is 4. The lowest BCUT2D eigenvalue weighted by Gasteiger charge is -2.17. The van der Waals surface area contributed by atoms with Crippen molar-refractivity contribution in [3.05, 3.63) is 29.3 Å². The standard InChI is InChI=1S/C14H20N2OS2/c1-10(8-9-19(3)17)15-11(2)14-16-12-6-4-5-7-13(12)18-14/h4-7,10-11,15H,8-9H2,1-3H3. The van der Waals surface area contributed by atoms with Crippen LogP contribution < -0.4 is 5.32 Å². The number of para-hydroxylation sites is 1. The SMILES string of the molecule is CC(CCS(C)=O)NC(C)c1nc2ccccc2s1. The molecule has 19 heavy (non-hydrogen) atoms. The number of benzene rings is 1. The molecule has 2 aromatic rings. The first-order valence-electron chi connectivity index (χ1n) is 6.48. The van der Waals surface area contributed by atoms with Crippen molar-refractivity contribution in [2.24, 2.45) is 0 Å². The van der Waals surface area contributed by atoms with Gasteiger partial charge in [0.2, 0.25) is 0 Å². The highest BCUT2D eigenvalue weighted by Gasteiger charge is 2.13. The fourth-order valence-corrected chi connectivity index (χ4v) is 3.66. The maximum absolute atomic E-state index is 11.1. The van der Waals surface area contributed by atoms with Gasteiger partial charge in [-0.15, -0.1) is 11.3 Å². The molecule has 1 heterocycles. The second kappa shape index (κ2) is 6.59. The molecule has 0 radical (unpaired) electrons. The molecule has 0 saturated carbocycles. The Morgan fingerprint density at radius 1 is 1.37 bits per heavy atom. The Bertz CT molecular complexity index is 534. The lowest BCUT2D eigenvalue weighted by Crippen LogP contribution is -2.30. The maximum Gasteiger partial charge on any atom is 0.111 e. The summed E-state index contributed by atoms with van der Waals surface area (Å²) in [6, 6.07) is 8.80. The molecule has 1 aromatic carbocycles. The van der Waals surface area contributed by atoms with E-state index < -0.39 is 10.8 Å². The first kappa shape index (κ1) is 14.6. The van der Waals surface area contributed by atoms with E-state index in [1.807, 2.05) is 18.2 Å². The molecule has 0 spiro atoms. The largest absolute Gasteiger partial charge is 0.306 e. The molecule has 0 aliphatic carbocycles. The minimum atomic E-state index is -0.711. The van der Waals surface area contributed by atoms with Gasteiger partial charge in [0.1, 0.15) is 5.01 Å². The van der Waals surface area contributed by atoms with Gasteiger partial charge in [0.05, 0.1) is 16.3 Å². The Labute approximate surface area is 120 Å². The van der Waals surface area contributed by atoms with Gasteiger partial charge in [-0.2, -0.15) is 0 Å². The molecule has 1 N–H and O–H groups in total. The molecule has 1 aromatic heterocycles. The van der Waals surface area contributed by atoms with Gasteiger partial charge in [0.15, 0.2) is 0 Å². The second-order valence-electron chi connectivity index (χ2n) is 4.88. The molecule has 2 rings (SSSR count). The molecule has 0 fully saturated rings. The first-order chi connectivity index (χ1) is 9.06. The van der Waals surface area contributed by atoms with E-state index in [9.17, 15) is 4.21 Å². The summed E-state index contributed by atoms with van der Waals surface area (Å²) in [4.78, 5) is 4.66. The monoisotopic (exact) mass is 296 g/mol. The minimum Gasteiger partial charge on any atom is -0.306 e. The van der Waals surface area contributed by atoms with Gasteiger partial charge in [-0.05, 0) is 32.4 Å². The third-order valence-electron chi connectivity index (χ3n) is 3.05. The molecule has 0 aliphatic rings. The van der Waals surface area contributed by atoms with E-state index in [2.05, 4.69) is 30.2 Å². The summed E-state index contributed by atoms with van der Waals surface area (Å²) >= 11 is 1.74. The summed E-state index contributed by atoms with van der Waals surface area (Å²) in [5.41, 5.74) is 1.07. The zero-order chi connectivity index (χ0) is 13.8. The van der Waals surface area contributed by atoms with Crippen LogP contribution in [0.3, 0.4) is 0 Å². The molecular formula is C14H20N2OS2. The van der Waals surface area contributed by atoms with Crippen LogP contribution >= 0.6 is 11.3 Å². The molecular weight excluding hydrogens is 276 g/mol. The summed E-state index contributed by atoms with van der Waals surface area (Å²) in [7, 11) is -0.711. The van der Waals surface area contributed by atoms with Crippen molar-refractivity contribution in [2.45, 2.75) is 32.4 Å². The summed E-state index contributed by atoms with van der Waals surface area (Å²) in [6.45, 7) is 4.27. The molecule has 0 bridgehead atoms. The van der Waals surface area contributed by atoms with Crippen LogP contribution in [0.25, 0.3) is 10.2 Å². The predicted molar refractivity (Wildman–Crippen MR) is 84.2 cm³/mol. The number of nitrogens with one attached hydrogen (secondary N) is 1. The molecule has 104 valence electrons. The fourth-order valence-electron chi connectivity index (χ4n) is 2.00. The lowest BCUT2D eigenvalue weighted by molar-refractivity contribution is 0.469. The topological polar surface area (TPSA) is 42.0 Å². The van der Waals surface area contributed by atoms with Gasteiger partial charge in [0.25, 0.3) is 0 Å². The van der Waals surface area contributed by atoms with Crippen LogP contribution in [0.4, 0.5) is 0 Å². The van der Waals surface area contributed by atoms with Crippen LogP contribution in [-0.2, 0) is 10.8 Å². The van der Waals surface area contributed by atoms with Crippen molar-refractivity contribution >= 4 is 32.4 Å². The highest BCUT2D eigenvalue weighted by molar-refractivity contribution is 7.84. The number of rotatable bonds is 6. The summed E-state index contributed by atoms with van der Waals surface area (Å²) in [5.74, 6) is 0.751. The third kappa shape index (κ3) is 4.09. The number of fused-ring (bicyclic) bond motifs is 1. The van der Waals surface area contributed by atoms with E-state index in [0.717, 1.165) is 22.7 Å². The van der Waals surface area contributed by atoms with Crippen LogP contribution in [0, 0.1) is 0 Å². The second-order valence-corrected chi connectivity index (χ2v) is 7.49. The highest BCUT2D eigenvalue weighted by atomic mass is 32.2. The van der Waals surface area contributed by atoms with E-state index >= 15 is 0 Å². The van der Waals surface area contributed by atoms with E-state index in [0.29, 0.717) is 6.04 Å². The molecule has 3 atom stereocenters. The molecule has 0 aliphatic heterocycles. The van der Waals surface area contributed by atoms with Crippen LogP contribution in [-0.4, -0.2) is 27.2 Å². The Kier molecular flexibility index (Phi) is 5.07. The van der Waals surface area contributed by atoms with Crippen LogP contribution in [0.15, 0.2) is 24.3 Å². The molecule has 0 amide bonds. The van der Waals surface area contributed by atoms with Gasteiger partial charge in [-0.3, -0.25) is 4.21 Å². The Morgan fingerprint density at radius 3 is 2.79 bits per heavy atom. The smallest absolute Gasteiger partial charge is 0.111 e. The van der Waals surface area contributed by atoms with Crippen molar-refractivity contribution in [1.29, 1.82) is 0 Å². The van der Waals surface area contributed by atoms with Gasteiger partial charge >= 0.3 is 0 Å². The van der Waals surface area contributed by atoms with Crippen LogP contribution in [0.5, 0.6) is 0 Å². The van der Waals surface area contributed by atoms with Gasteiger partial charge in [-0.1, -0.05) is 12.1 Å². The number of nitrogens with zero attached hydrogens (tertiary/aromatic N) is 1. The van der Waals surface area contributed by atoms with E-state index in [1.54, 1.807) is 17.6 Å². The van der Waals surface area contributed by atoms with Crippen molar-refractivity contribution < 1.29 is 4.21 Å². The van der Waals surface area contributed by atoms with E-state index in [4.69, 9.17) is 0 Å². The van der Waals surface area contributed by atoms with E-state index in [-0.39, 0.29) is 6.04 Å². The summed E-state index contributed by atoms with van der Waals surface area (Å²) < 4.78 is 12.3. The zero-order valence-corrected chi connectivity index (χ0v) is 13.2. The quantitative estimate of drug-likeness (QED) is 0.890. The lowest BCUT2D eigenvalue weighted by atomic mass is 10.2. The number of aromatic nitrogens is 1. The number of hydrogen-bond donors (Lipinski definition) is 1. The average Bonchev–Trinajstić information content (AvgIpc) is 2.80. The summed E-state index contributed by atoms with van der Waals surface area (Å²) in [5, 5.41) is 4.64. The maximum atomic E-state index is 11.1. The Hall–Kier alpha value is -0.780. The average molecular weight is 296 g/mol. The molecule has 3 nitrogen and oxygen atoms in total. The van der Waals surface area contributed by atoms with E-state index in [1.165, 1.54) is 4.70 Å².